The van der Waals surface area contributed by atoms with E-state index < -0.39 is 0 Å². The van der Waals surface area contributed by atoms with Crippen molar-refractivity contribution in [3.63, 3.8) is 0 Å². The molecular formula is C21H15N5S. The number of nitrogens with one attached hydrogen (secondary N) is 1. The Morgan fingerprint density at radius 2 is 1.63 bits per heavy atom. The zero-order valence-corrected chi connectivity index (χ0v) is 15.4. The number of hydrogen-bond donors (Lipinski definition) is 1. The van der Waals surface area contributed by atoms with E-state index in [2.05, 4.69) is 13.7 Å². The normalized spacial score (nSPS) is 11.1. The Labute approximate surface area is 160 Å². The van der Waals surface area contributed by atoms with Gasteiger partial charge in [-0.15, -0.1) is 0 Å². The fourth-order valence-electron chi connectivity index (χ4n) is 3.11. The second kappa shape index (κ2) is 6.41. The first kappa shape index (κ1) is 15.8. The van der Waals surface area contributed by atoms with Gasteiger partial charge in [0.2, 0.25) is 0 Å². The number of imidazole rings is 1. The highest BCUT2D eigenvalue weighted by atomic mass is 32.1. The summed E-state index contributed by atoms with van der Waals surface area (Å²) in [6.45, 7) is 1.99. The minimum absolute atomic E-state index is 0.820. The van der Waals surface area contributed by atoms with Gasteiger partial charge in [0.25, 0.3) is 0 Å². The minimum Gasteiger partial charge on any atom is -0.336 e. The smallest absolute Gasteiger partial charge is 0.138 e. The molecule has 0 atom stereocenters. The van der Waals surface area contributed by atoms with Crippen LogP contribution in [-0.2, 0) is 0 Å². The van der Waals surface area contributed by atoms with Gasteiger partial charge in [0.05, 0.1) is 28.8 Å². The molecular weight excluding hydrogens is 354 g/mol. The first-order valence-corrected chi connectivity index (χ1v) is 9.33. The summed E-state index contributed by atoms with van der Waals surface area (Å²) in [5, 5.41) is 0. The van der Waals surface area contributed by atoms with E-state index in [0.717, 1.165) is 50.8 Å². The summed E-state index contributed by atoms with van der Waals surface area (Å²) in [5.41, 5.74) is 7.41. The highest BCUT2D eigenvalue weighted by Crippen LogP contribution is 2.33. The largest absolute Gasteiger partial charge is 0.336 e. The van der Waals surface area contributed by atoms with E-state index in [1.54, 1.807) is 0 Å². The molecule has 2 aromatic carbocycles. The Bertz CT molecular complexity index is 1240. The first-order chi connectivity index (χ1) is 13.3. The summed E-state index contributed by atoms with van der Waals surface area (Å²) < 4.78 is 8.65. The van der Waals surface area contributed by atoms with Gasteiger partial charge in [0.1, 0.15) is 16.9 Å². The molecule has 1 N–H and O–H groups in total. The quantitative estimate of drug-likeness (QED) is 0.479. The van der Waals surface area contributed by atoms with Crippen LogP contribution in [0.3, 0.4) is 0 Å². The highest BCUT2D eigenvalue weighted by molar-refractivity contribution is 7.00. The topological polar surface area (TPSA) is 67.3 Å². The summed E-state index contributed by atoms with van der Waals surface area (Å²) in [7, 11) is 0. The lowest BCUT2D eigenvalue weighted by Gasteiger charge is -2.03. The molecule has 0 bridgehead atoms. The maximum atomic E-state index is 4.91. The van der Waals surface area contributed by atoms with Gasteiger partial charge in [-0.2, -0.15) is 8.75 Å². The number of fused-ring (bicyclic) bond motifs is 1. The maximum Gasteiger partial charge on any atom is 0.138 e. The van der Waals surface area contributed by atoms with E-state index in [-0.39, 0.29) is 0 Å². The average Bonchev–Trinajstić information content (AvgIpc) is 3.35. The van der Waals surface area contributed by atoms with Gasteiger partial charge in [-0.3, -0.25) is 4.98 Å². The van der Waals surface area contributed by atoms with Gasteiger partial charge in [0, 0.05) is 16.8 Å². The summed E-state index contributed by atoms with van der Waals surface area (Å²) >= 11 is 1.22. The highest BCUT2D eigenvalue weighted by Gasteiger charge is 2.17. The summed E-state index contributed by atoms with van der Waals surface area (Å²) in [6.07, 6.45) is 0. The van der Waals surface area contributed by atoms with Gasteiger partial charge in [-0.25, -0.2) is 4.98 Å². The van der Waals surface area contributed by atoms with Crippen molar-refractivity contribution in [1.29, 1.82) is 0 Å². The van der Waals surface area contributed by atoms with Crippen molar-refractivity contribution < 1.29 is 0 Å². The Morgan fingerprint density at radius 3 is 2.48 bits per heavy atom. The maximum absolute atomic E-state index is 4.91. The number of nitrogens with zero attached hydrogens (tertiary/aromatic N) is 4. The van der Waals surface area contributed by atoms with Crippen LogP contribution in [0.1, 0.15) is 5.69 Å². The number of rotatable bonds is 3. The molecule has 0 aliphatic heterocycles. The first-order valence-electron chi connectivity index (χ1n) is 8.60. The molecule has 5 rings (SSSR count). The number of aromatic nitrogens is 5. The van der Waals surface area contributed by atoms with Gasteiger partial charge in [-0.1, -0.05) is 42.5 Å². The van der Waals surface area contributed by atoms with Crippen LogP contribution in [0.25, 0.3) is 45.1 Å². The minimum atomic E-state index is 0.820. The molecule has 0 fully saturated rings. The Balaban J connectivity index is 1.73. The van der Waals surface area contributed by atoms with Crippen LogP contribution >= 0.6 is 11.7 Å². The van der Waals surface area contributed by atoms with Gasteiger partial charge < -0.3 is 4.98 Å². The van der Waals surface area contributed by atoms with Crippen LogP contribution in [0, 0.1) is 6.92 Å². The summed E-state index contributed by atoms with van der Waals surface area (Å²) in [6, 6.07) is 22.2. The molecule has 3 aromatic heterocycles. The summed E-state index contributed by atoms with van der Waals surface area (Å²) in [4.78, 5) is 13.1. The third-order valence-corrected chi connectivity index (χ3v) is 4.98. The number of aryl methyl sites for hydroxylation is 1. The standard InChI is InChI=1S/C21H15N5S/c1-13-6-5-9-17(22-13)20-19(15-10-11-16-18(12-15)26-27-25-16)23-21(24-20)14-7-3-2-4-8-14/h2-12H,1H3,(H,23,24). The van der Waals surface area contributed by atoms with Crippen LogP contribution in [-0.4, -0.2) is 23.7 Å². The van der Waals surface area contributed by atoms with E-state index in [4.69, 9.17) is 9.97 Å². The lowest BCUT2D eigenvalue weighted by molar-refractivity contribution is 1.19. The molecule has 6 heteroatoms. The van der Waals surface area contributed by atoms with Crippen molar-refractivity contribution in [3.8, 4) is 34.0 Å². The fourth-order valence-corrected chi connectivity index (χ4v) is 3.63. The molecule has 0 spiro atoms. The number of pyridine rings is 1. The molecule has 0 saturated carbocycles. The van der Waals surface area contributed by atoms with Crippen molar-refractivity contribution in [1.82, 2.24) is 23.7 Å². The van der Waals surface area contributed by atoms with Crippen LogP contribution in [0.2, 0.25) is 0 Å². The van der Waals surface area contributed by atoms with Crippen LogP contribution < -0.4 is 0 Å². The molecule has 0 amide bonds. The van der Waals surface area contributed by atoms with E-state index in [0.29, 0.717) is 0 Å². The van der Waals surface area contributed by atoms with Crippen molar-refractivity contribution in [2.45, 2.75) is 6.92 Å². The van der Waals surface area contributed by atoms with Crippen molar-refractivity contribution in [3.05, 3.63) is 72.4 Å². The molecule has 0 radical (unpaired) electrons. The SMILES string of the molecule is Cc1cccc(-c2[nH]c(-c3ccccc3)nc2-c2ccc3nsnc3c2)n1. The van der Waals surface area contributed by atoms with Crippen LogP contribution in [0.5, 0.6) is 0 Å². The third-order valence-electron chi connectivity index (χ3n) is 4.42. The molecule has 0 unspecified atom stereocenters. The second-order valence-corrected chi connectivity index (χ2v) is 6.84. The third kappa shape index (κ3) is 2.90. The van der Waals surface area contributed by atoms with E-state index in [9.17, 15) is 0 Å². The fraction of sp³-hybridized carbons (Fsp3) is 0.0476. The molecule has 0 aliphatic rings. The summed E-state index contributed by atoms with van der Waals surface area (Å²) in [5.74, 6) is 0.820. The molecule has 0 saturated heterocycles. The molecule has 3 heterocycles. The van der Waals surface area contributed by atoms with Gasteiger partial charge in [-0.05, 0) is 31.2 Å². The van der Waals surface area contributed by atoms with Crippen molar-refractivity contribution in [2.75, 3.05) is 0 Å². The van der Waals surface area contributed by atoms with E-state index in [1.807, 2.05) is 73.7 Å². The predicted molar refractivity (Wildman–Crippen MR) is 108 cm³/mol. The zero-order valence-electron chi connectivity index (χ0n) is 14.5. The number of hydrogen-bond acceptors (Lipinski definition) is 5. The predicted octanol–water partition coefficient (Wildman–Crippen LogP) is 5.12. The van der Waals surface area contributed by atoms with Crippen molar-refractivity contribution >= 4 is 22.8 Å². The Kier molecular flexibility index (Phi) is 3.76. The molecule has 27 heavy (non-hydrogen) atoms. The zero-order chi connectivity index (χ0) is 18.2. The van der Waals surface area contributed by atoms with Crippen LogP contribution in [0.15, 0.2) is 66.7 Å². The average molecular weight is 369 g/mol. The van der Waals surface area contributed by atoms with Crippen molar-refractivity contribution in [2.24, 2.45) is 0 Å². The van der Waals surface area contributed by atoms with Gasteiger partial charge >= 0.3 is 0 Å². The molecule has 130 valence electrons. The molecule has 0 aliphatic carbocycles. The van der Waals surface area contributed by atoms with Crippen LogP contribution in [0.4, 0.5) is 0 Å². The lowest BCUT2D eigenvalue weighted by atomic mass is 10.1. The Hall–Kier alpha value is -3.38. The van der Waals surface area contributed by atoms with E-state index >= 15 is 0 Å². The van der Waals surface area contributed by atoms with E-state index in [1.165, 1.54) is 11.7 Å². The number of benzene rings is 2. The van der Waals surface area contributed by atoms with Gasteiger partial charge in [0.15, 0.2) is 0 Å². The molecule has 5 aromatic rings. The number of H-pyrrole nitrogens is 1. The monoisotopic (exact) mass is 369 g/mol. The second-order valence-electron chi connectivity index (χ2n) is 6.31. The molecule has 5 nitrogen and oxygen atoms in total. The Morgan fingerprint density at radius 1 is 0.778 bits per heavy atom. The number of aromatic amines is 1. The lowest BCUT2D eigenvalue weighted by Crippen LogP contribution is -1.89.